The minimum Gasteiger partial charge on any atom is -0.478 e. The van der Waals surface area contributed by atoms with E-state index < -0.39 is 11.8 Å². The van der Waals surface area contributed by atoms with Gasteiger partial charge in [-0.1, -0.05) is 12.1 Å². The Morgan fingerprint density at radius 3 is 3.05 bits per heavy atom. The molecule has 1 saturated heterocycles. The normalized spacial score (nSPS) is 18.8. The maximum Gasteiger partial charge on any atom is 0.328 e. The van der Waals surface area contributed by atoms with Gasteiger partial charge in [-0.05, 0) is 30.5 Å². The van der Waals surface area contributed by atoms with Gasteiger partial charge in [0, 0.05) is 18.2 Å². The van der Waals surface area contributed by atoms with Gasteiger partial charge in [0.05, 0.1) is 19.3 Å². The second-order valence-corrected chi connectivity index (χ2v) is 4.67. The molecule has 1 heterocycles. The van der Waals surface area contributed by atoms with Gasteiger partial charge in [-0.3, -0.25) is 0 Å². The lowest BCUT2D eigenvalue weighted by molar-refractivity contribution is -0.131. The smallest absolute Gasteiger partial charge is 0.328 e. The third kappa shape index (κ3) is 4.43. The fourth-order valence-corrected chi connectivity index (χ4v) is 2.03. The summed E-state index contributed by atoms with van der Waals surface area (Å²) in [5.74, 6) is -1.46. The summed E-state index contributed by atoms with van der Waals surface area (Å²) in [4.78, 5) is 10.4. The quantitative estimate of drug-likeness (QED) is 0.814. The average Bonchev–Trinajstić information content (AvgIpc) is 2.92. The van der Waals surface area contributed by atoms with Crippen LogP contribution in [0, 0.1) is 5.82 Å². The third-order valence-electron chi connectivity index (χ3n) is 3.08. The molecule has 0 amide bonds. The molecule has 0 aromatic heterocycles. The van der Waals surface area contributed by atoms with E-state index in [9.17, 15) is 9.18 Å². The van der Waals surface area contributed by atoms with E-state index in [1.165, 1.54) is 12.1 Å². The number of halogens is 1. The van der Waals surface area contributed by atoms with E-state index in [0.717, 1.165) is 25.5 Å². The first kappa shape index (κ1) is 14.7. The summed E-state index contributed by atoms with van der Waals surface area (Å²) in [6.45, 7) is 1.43. The number of aliphatic carboxylic acids is 1. The maximum absolute atomic E-state index is 13.8. The lowest BCUT2D eigenvalue weighted by Crippen LogP contribution is -2.14. The molecule has 108 valence electrons. The van der Waals surface area contributed by atoms with Crippen molar-refractivity contribution in [2.45, 2.75) is 25.6 Å². The van der Waals surface area contributed by atoms with Gasteiger partial charge in [0.25, 0.3) is 0 Å². The molecule has 5 heteroatoms. The number of carbonyl (C=O) groups is 1. The molecule has 0 radical (unpaired) electrons. The van der Waals surface area contributed by atoms with Gasteiger partial charge < -0.3 is 14.6 Å². The Hall–Kier alpha value is -1.72. The van der Waals surface area contributed by atoms with Crippen LogP contribution in [0.5, 0.6) is 0 Å². The molecule has 2 rings (SSSR count). The van der Waals surface area contributed by atoms with E-state index in [0.29, 0.717) is 17.7 Å². The molecule has 0 aliphatic carbocycles. The van der Waals surface area contributed by atoms with Crippen molar-refractivity contribution >= 4 is 12.0 Å². The molecule has 1 aromatic carbocycles. The van der Waals surface area contributed by atoms with E-state index in [1.54, 1.807) is 12.1 Å². The van der Waals surface area contributed by atoms with Crippen LogP contribution in [0.1, 0.15) is 24.0 Å². The molecule has 1 fully saturated rings. The fraction of sp³-hybridized carbons (Fsp3) is 0.400. The third-order valence-corrected chi connectivity index (χ3v) is 3.08. The summed E-state index contributed by atoms with van der Waals surface area (Å²) < 4.78 is 24.6. The summed E-state index contributed by atoms with van der Waals surface area (Å²) in [5.41, 5.74) is 0.961. The van der Waals surface area contributed by atoms with Gasteiger partial charge in [0.2, 0.25) is 0 Å². The molecule has 1 aliphatic rings. The summed E-state index contributed by atoms with van der Waals surface area (Å²) >= 11 is 0. The van der Waals surface area contributed by atoms with Gasteiger partial charge in [-0.15, -0.1) is 0 Å². The Labute approximate surface area is 116 Å². The van der Waals surface area contributed by atoms with Gasteiger partial charge in [-0.25, -0.2) is 9.18 Å². The first-order chi connectivity index (χ1) is 9.65. The molecule has 20 heavy (non-hydrogen) atoms. The second kappa shape index (κ2) is 7.17. The Morgan fingerprint density at radius 1 is 1.55 bits per heavy atom. The molecular formula is C15H17FO4. The number of hydrogen-bond donors (Lipinski definition) is 1. The molecule has 1 atom stereocenters. The zero-order chi connectivity index (χ0) is 14.4. The Bertz CT molecular complexity index is 493. The van der Waals surface area contributed by atoms with Crippen molar-refractivity contribution in [3.05, 3.63) is 41.2 Å². The summed E-state index contributed by atoms with van der Waals surface area (Å²) in [5, 5.41) is 8.51. The van der Waals surface area contributed by atoms with E-state index in [-0.39, 0.29) is 12.7 Å². The second-order valence-electron chi connectivity index (χ2n) is 4.67. The predicted octanol–water partition coefficient (Wildman–Crippen LogP) is 2.62. The Kier molecular flexibility index (Phi) is 5.26. The largest absolute Gasteiger partial charge is 0.478 e. The van der Waals surface area contributed by atoms with Gasteiger partial charge in [0.15, 0.2) is 0 Å². The number of ether oxygens (including phenoxy) is 2. The van der Waals surface area contributed by atoms with Crippen LogP contribution in [-0.2, 0) is 20.9 Å². The number of carboxylic acids is 1. The van der Waals surface area contributed by atoms with Crippen LogP contribution in [0.4, 0.5) is 4.39 Å². The van der Waals surface area contributed by atoms with Crippen molar-refractivity contribution in [2.75, 3.05) is 13.2 Å². The SMILES string of the molecule is O=C(O)C=Cc1ccc(COCC2CCCO2)c(F)c1. The highest BCUT2D eigenvalue weighted by molar-refractivity contribution is 5.85. The monoisotopic (exact) mass is 280 g/mol. The van der Waals surface area contributed by atoms with Crippen LogP contribution in [0.3, 0.4) is 0 Å². The predicted molar refractivity (Wildman–Crippen MR) is 71.7 cm³/mol. The summed E-state index contributed by atoms with van der Waals surface area (Å²) in [6.07, 6.45) is 4.48. The van der Waals surface area contributed by atoms with Crippen LogP contribution < -0.4 is 0 Å². The van der Waals surface area contributed by atoms with Gasteiger partial charge in [0.1, 0.15) is 5.82 Å². The maximum atomic E-state index is 13.8. The van der Waals surface area contributed by atoms with Crippen molar-refractivity contribution in [3.63, 3.8) is 0 Å². The van der Waals surface area contributed by atoms with E-state index in [4.69, 9.17) is 14.6 Å². The van der Waals surface area contributed by atoms with Crippen LogP contribution in [0.25, 0.3) is 6.08 Å². The standard InChI is InChI=1S/C15H17FO4/c16-14-8-11(4-6-15(17)18)3-5-12(14)9-19-10-13-2-1-7-20-13/h3-6,8,13H,1-2,7,9-10H2,(H,17,18). The van der Waals surface area contributed by atoms with Crippen molar-refractivity contribution in [3.8, 4) is 0 Å². The van der Waals surface area contributed by atoms with Crippen molar-refractivity contribution in [1.29, 1.82) is 0 Å². The fourth-order valence-electron chi connectivity index (χ4n) is 2.03. The topological polar surface area (TPSA) is 55.8 Å². The Balaban J connectivity index is 1.86. The summed E-state index contributed by atoms with van der Waals surface area (Å²) in [7, 11) is 0. The average molecular weight is 280 g/mol. The summed E-state index contributed by atoms with van der Waals surface area (Å²) in [6, 6.07) is 4.56. The molecule has 1 aromatic rings. The van der Waals surface area contributed by atoms with Gasteiger partial charge >= 0.3 is 5.97 Å². The van der Waals surface area contributed by atoms with Crippen LogP contribution in [0.2, 0.25) is 0 Å². The molecule has 0 spiro atoms. The minimum atomic E-state index is -1.06. The molecule has 0 saturated carbocycles. The zero-order valence-electron chi connectivity index (χ0n) is 11.0. The number of rotatable bonds is 6. The van der Waals surface area contributed by atoms with E-state index in [2.05, 4.69) is 0 Å². The van der Waals surface area contributed by atoms with Crippen molar-refractivity contribution in [1.82, 2.24) is 0 Å². The lowest BCUT2D eigenvalue weighted by Gasteiger charge is -2.10. The highest BCUT2D eigenvalue weighted by Gasteiger charge is 2.15. The molecule has 1 aliphatic heterocycles. The lowest BCUT2D eigenvalue weighted by atomic mass is 10.1. The van der Waals surface area contributed by atoms with Crippen molar-refractivity contribution in [2.24, 2.45) is 0 Å². The van der Waals surface area contributed by atoms with E-state index >= 15 is 0 Å². The first-order valence-electron chi connectivity index (χ1n) is 6.54. The number of carboxylic acid groups (broad SMARTS) is 1. The Morgan fingerprint density at radius 2 is 2.40 bits per heavy atom. The highest BCUT2D eigenvalue weighted by atomic mass is 19.1. The molecular weight excluding hydrogens is 263 g/mol. The molecule has 0 bridgehead atoms. The van der Waals surface area contributed by atoms with Crippen LogP contribution in [-0.4, -0.2) is 30.4 Å². The highest BCUT2D eigenvalue weighted by Crippen LogP contribution is 2.15. The number of benzene rings is 1. The number of hydrogen-bond acceptors (Lipinski definition) is 3. The molecule has 1 N–H and O–H groups in total. The van der Waals surface area contributed by atoms with E-state index in [1.807, 2.05) is 0 Å². The molecule has 1 unspecified atom stereocenters. The zero-order valence-corrected chi connectivity index (χ0v) is 11.0. The van der Waals surface area contributed by atoms with Crippen molar-refractivity contribution < 1.29 is 23.8 Å². The van der Waals surface area contributed by atoms with Crippen LogP contribution >= 0.6 is 0 Å². The first-order valence-corrected chi connectivity index (χ1v) is 6.54. The minimum absolute atomic E-state index is 0.121. The van der Waals surface area contributed by atoms with Crippen LogP contribution in [0.15, 0.2) is 24.3 Å². The molecule has 4 nitrogen and oxygen atoms in total. The van der Waals surface area contributed by atoms with Gasteiger partial charge in [-0.2, -0.15) is 0 Å².